The molecule has 0 spiro atoms. The van der Waals surface area contributed by atoms with E-state index in [2.05, 4.69) is 17.6 Å². The molecule has 0 radical (unpaired) electrons. The normalized spacial score (nSPS) is 17.6. The summed E-state index contributed by atoms with van der Waals surface area (Å²) in [6.07, 6.45) is 5.40. The average molecular weight is 392 g/mol. The van der Waals surface area contributed by atoms with Crippen LogP contribution in [0.5, 0.6) is 0 Å². The third-order valence-corrected chi connectivity index (χ3v) is 6.43. The van der Waals surface area contributed by atoms with Crippen molar-refractivity contribution in [1.82, 2.24) is 10.2 Å². The number of unbranched alkanes of at least 4 members (excludes halogenated alkanes) is 1. The molecule has 1 aromatic heterocycles. The minimum absolute atomic E-state index is 0.00345. The van der Waals surface area contributed by atoms with Gasteiger partial charge in [-0.15, -0.1) is 11.3 Å². The molecule has 0 bridgehead atoms. The van der Waals surface area contributed by atoms with Crippen LogP contribution in [0.25, 0.3) is 0 Å². The van der Waals surface area contributed by atoms with E-state index in [1.807, 2.05) is 17.9 Å². The Morgan fingerprint density at radius 3 is 2.41 bits per heavy atom. The van der Waals surface area contributed by atoms with Crippen LogP contribution in [-0.2, 0) is 9.59 Å². The quantitative estimate of drug-likeness (QED) is 0.701. The van der Waals surface area contributed by atoms with Crippen LogP contribution in [0.15, 0.2) is 6.07 Å². The Morgan fingerprint density at radius 2 is 1.78 bits per heavy atom. The molecular weight excluding hydrogens is 362 g/mol. The predicted molar refractivity (Wildman–Crippen MR) is 107 cm³/mol. The standard InChI is InChI=1S/C20H29N3O3S/c1-3-4-9-21-18(24)15-7-10-23(11-8-15)20(26)17-13(2)12-16(27-17)22-19(25)14-5-6-14/h12,14-15H,3-11H2,1-2H3,(H,21,24)(H,22,25). The molecule has 1 saturated carbocycles. The monoisotopic (exact) mass is 391 g/mol. The lowest BCUT2D eigenvalue weighted by Gasteiger charge is -2.31. The molecule has 1 saturated heterocycles. The van der Waals surface area contributed by atoms with Crippen molar-refractivity contribution in [2.24, 2.45) is 11.8 Å². The first-order valence-electron chi connectivity index (χ1n) is 9.98. The summed E-state index contributed by atoms with van der Waals surface area (Å²) in [5.41, 5.74) is 0.899. The lowest BCUT2D eigenvalue weighted by Crippen LogP contribution is -2.43. The van der Waals surface area contributed by atoms with Crippen molar-refractivity contribution in [3.8, 4) is 0 Å². The van der Waals surface area contributed by atoms with Gasteiger partial charge in [0.25, 0.3) is 5.91 Å². The van der Waals surface area contributed by atoms with Crippen molar-refractivity contribution in [3.63, 3.8) is 0 Å². The number of amides is 3. The summed E-state index contributed by atoms with van der Waals surface area (Å²) >= 11 is 1.35. The molecule has 0 unspecified atom stereocenters. The molecule has 7 heteroatoms. The zero-order valence-corrected chi connectivity index (χ0v) is 17.0. The SMILES string of the molecule is CCCCNC(=O)C1CCN(C(=O)c2sc(NC(=O)C3CC3)cc2C)CC1. The number of anilines is 1. The molecule has 1 aliphatic carbocycles. The van der Waals surface area contributed by atoms with E-state index >= 15 is 0 Å². The van der Waals surface area contributed by atoms with Crippen LogP contribution in [0.3, 0.4) is 0 Å². The minimum atomic E-state index is 0.00345. The Bertz CT molecular complexity index is 703. The van der Waals surface area contributed by atoms with Gasteiger partial charge in [-0.2, -0.15) is 0 Å². The number of rotatable bonds is 7. The van der Waals surface area contributed by atoms with Crippen molar-refractivity contribution in [2.75, 3.05) is 25.0 Å². The predicted octanol–water partition coefficient (Wildman–Crippen LogP) is 3.17. The molecule has 0 atom stereocenters. The van der Waals surface area contributed by atoms with E-state index in [1.165, 1.54) is 11.3 Å². The smallest absolute Gasteiger partial charge is 0.264 e. The number of hydrogen-bond acceptors (Lipinski definition) is 4. The van der Waals surface area contributed by atoms with Gasteiger partial charge in [0, 0.05) is 31.5 Å². The molecule has 0 aromatic carbocycles. The van der Waals surface area contributed by atoms with E-state index in [0.29, 0.717) is 30.8 Å². The number of thiophene rings is 1. The van der Waals surface area contributed by atoms with Crippen molar-refractivity contribution in [3.05, 3.63) is 16.5 Å². The third-order valence-electron chi connectivity index (χ3n) is 5.29. The number of hydrogen-bond donors (Lipinski definition) is 2. The van der Waals surface area contributed by atoms with Gasteiger partial charge in [-0.1, -0.05) is 13.3 Å². The van der Waals surface area contributed by atoms with Crippen LogP contribution in [0.2, 0.25) is 0 Å². The second-order valence-electron chi connectivity index (χ2n) is 7.60. The Labute approximate surface area is 164 Å². The van der Waals surface area contributed by atoms with Crippen LogP contribution in [0.1, 0.15) is 60.7 Å². The highest BCUT2D eigenvalue weighted by Crippen LogP contribution is 2.33. The Balaban J connectivity index is 1.52. The molecule has 2 fully saturated rings. The van der Waals surface area contributed by atoms with Crippen LogP contribution in [-0.4, -0.2) is 42.3 Å². The van der Waals surface area contributed by atoms with E-state index < -0.39 is 0 Å². The van der Waals surface area contributed by atoms with Crippen molar-refractivity contribution >= 4 is 34.1 Å². The van der Waals surface area contributed by atoms with Gasteiger partial charge in [-0.3, -0.25) is 14.4 Å². The summed E-state index contributed by atoms with van der Waals surface area (Å²) in [4.78, 5) is 39.5. The zero-order valence-electron chi connectivity index (χ0n) is 16.2. The molecule has 2 N–H and O–H groups in total. The van der Waals surface area contributed by atoms with Crippen molar-refractivity contribution in [2.45, 2.75) is 52.4 Å². The van der Waals surface area contributed by atoms with Gasteiger partial charge in [0.15, 0.2) is 0 Å². The zero-order chi connectivity index (χ0) is 19.4. The highest BCUT2D eigenvalue weighted by Gasteiger charge is 2.31. The highest BCUT2D eigenvalue weighted by atomic mass is 32.1. The minimum Gasteiger partial charge on any atom is -0.356 e. The molecule has 2 heterocycles. The molecule has 3 amide bonds. The Hall–Kier alpha value is -1.89. The average Bonchev–Trinajstić information content (AvgIpc) is 3.45. The fraction of sp³-hybridized carbons (Fsp3) is 0.650. The van der Waals surface area contributed by atoms with Crippen molar-refractivity contribution in [1.29, 1.82) is 0 Å². The second kappa shape index (κ2) is 8.87. The Kier molecular flexibility index (Phi) is 6.52. The molecular formula is C20H29N3O3S. The number of nitrogens with one attached hydrogen (secondary N) is 2. The lowest BCUT2D eigenvalue weighted by molar-refractivity contribution is -0.126. The number of carbonyl (C=O) groups is 3. The summed E-state index contributed by atoms with van der Waals surface area (Å²) < 4.78 is 0. The Morgan fingerprint density at radius 1 is 1.11 bits per heavy atom. The van der Waals surface area contributed by atoms with Crippen LogP contribution >= 0.6 is 11.3 Å². The van der Waals surface area contributed by atoms with E-state index in [4.69, 9.17) is 0 Å². The summed E-state index contributed by atoms with van der Waals surface area (Å²) in [5, 5.41) is 6.67. The van der Waals surface area contributed by atoms with E-state index in [9.17, 15) is 14.4 Å². The van der Waals surface area contributed by atoms with Gasteiger partial charge in [-0.25, -0.2) is 0 Å². The molecule has 3 rings (SSSR count). The van der Waals surface area contributed by atoms with Gasteiger partial charge in [0.2, 0.25) is 11.8 Å². The topological polar surface area (TPSA) is 78.5 Å². The summed E-state index contributed by atoms with van der Waals surface area (Å²) in [6, 6.07) is 1.88. The van der Waals surface area contributed by atoms with Crippen LogP contribution < -0.4 is 10.6 Å². The maximum Gasteiger partial charge on any atom is 0.264 e. The van der Waals surface area contributed by atoms with E-state index in [1.54, 1.807) is 0 Å². The summed E-state index contributed by atoms with van der Waals surface area (Å²) in [5.74, 6) is 0.338. The van der Waals surface area contributed by atoms with Crippen LogP contribution in [0, 0.1) is 18.8 Å². The van der Waals surface area contributed by atoms with Gasteiger partial charge in [-0.05, 0) is 50.7 Å². The van der Waals surface area contributed by atoms with Crippen molar-refractivity contribution < 1.29 is 14.4 Å². The van der Waals surface area contributed by atoms with Gasteiger partial charge in [0.1, 0.15) is 0 Å². The maximum atomic E-state index is 12.9. The number of likely N-dealkylation sites (tertiary alicyclic amines) is 1. The third kappa shape index (κ3) is 5.09. The molecule has 1 aliphatic heterocycles. The highest BCUT2D eigenvalue weighted by molar-refractivity contribution is 7.18. The maximum absolute atomic E-state index is 12.9. The summed E-state index contributed by atoms with van der Waals surface area (Å²) in [7, 11) is 0. The van der Waals surface area contributed by atoms with Gasteiger partial charge < -0.3 is 15.5 Å². The number of carbonyl (C=O) groups excluding carboxylic acids is 3. The first-order valence-corrected chi connectivity index (χ1v) is 10.8. The molecule has 2 aliphatic rings. The summed E-state index contributed by atoms with van der Waals surface area (Å²) in [6.45, 7) is 5.95. The molecule has 1 aromatic rings. The fourth-order valence-electron chi connectivity index (χ4n) is 3.35. The number of aryl methyl sites for hydroxylation is 1. The van der Waals surface area contributed by atoms with Gasteiger partial charge >= 0.3 is 0 Å². The fourth-order valence-corrected chi connectivity index (χ4v) is 4.39. The first-order chi connectivity index (χ1) is 13.0. The van der Waals surface area contributed by atoms with Crippen LogP contribution in [0.4, 0.5) is 5.00 Å². The second-order valence-corrected chi connectivity index (χ2v) is 8.65. The number of piperidine rings is 1. The van der Waals surface area contributed by atoms with E-state index in [0.717, 1.165) is 42.8 Å². The van der Waals surface area contributed by atoms with E-state index in [-0.39, 0.29) is 29.6 Å². The largest absolute Gasteiger partial charge is 0.356 e. The van der Waals surface area contributed by atoms with Gasteiger partial charge in [0.05, 0.1) is 9.88 Å². The number of nitrogens with zero attached hydrogens (tertiary/aromatic N) is 1. The first kappa shape index (κ1) is 19.9. The molecule has 6 nitrogen and oxygen atoms in total. The lowest BCUT2D eigenvalue weighted by atomic mass is 9.95. The molecule has 27 heavy (non-hydrogen) atoms. The molecule has 148 valence electrons.